The van der Waals surface area contributed by atoms with E-state index in [1.54, 1.807) is 12.1 Å². The lowest BCUT2D eigenvalue weighted by atomic mass is 9.88. The predicted molar refractivity (Wildman–Crippen MR) is 98.3 cm³/mol. The van der Waals surface area contributed by atoms with Crippen LogP contribution >= 0.6 is 0 Å². The molecule has 2 aliphatic rings. The molecular weight excluding hydrogens is 384 g/mol. The molecule has 0 bridgehead atoms. The van der Waals surface area contributed by atoms with Gasteiger partial charge in [-0.3, -0.25) is 14.4 Å². The Morgan fingerprint density at radius 2 is 1.57 bits per heavy atom. The molecule has 9 heteroatoms. The lowest BCUT2D eigenvalue weighted by molar-refractivity contribution is 0.0947. The number of Topliss-reactive ketones (excluding diaryl/α,β-unsaturated/α-hetero) is 1. The van der Waals surface area contributed by atoms with Crippen molar-refractivity contribution in [3.8, 4) is 0 Å². The first-order valence-corrected chi connectivity index (χ1v) is 10.2. The van der Waals surface area contributed by atoms with Gasteiger partial charge in [-0.1, -0.05) is 24.3 Å². The molecule has 2 heterocycles. The van der Waals surface area contributed by atoms with Crippen LogP contribution < -0.4 is 0 Å². The van der Waals surface area contributed by atoms with Gasteiger partial charge in [0.15, 0.2) is 23.1 Å². The van der Waals surface area contributed by atoms with Gasteiger partial charge in [-0.15, -0.1) is 0 Å². The third-order valence-electron chi connectivity index (χ3n) is 5.09. The van der Waals surface area contributed by atoms with Crippen LogP contribution in [0.4, 0.5) is 0 Å². The summed E-state index contributed by atoms with van der Waals surface area (Å²) < 4.78 is 33.3. The lowest BCUT2D eigenvalue weighted by Crippen LogP contribution is -2.47. The van der Waals surface area contributed by atoms with E-state index in [1.807, 2.05) is 11.9 Å². The number of piperazine rings is 1. The maximum Gasteiger partial charge on any atom is 0.247 e. The van der Waals surface area contributed by atoms with Crippen LogP contribution in [0.2, 0.25) is 0 Å². The predicted octanol–water partition coefficient (Wildman–Crippen LogP) is 1.19. The minimum Gasteiger partial charge on any atom is -0.447 e. The fourth-order valence-corrected chi connectivity index (χ4v) is 5.32. The molecule has 1 aromatic carbocycles. The number of sulfonamides is 1. The second-order valence-corrected chi connectivity index (χ2v) is 8.81. The number of furan rings is 1. The highest BCUT2D eigenvalue weighted by atomic mass is 32.2. The quantitative estimate of drug-likeness (QED) is 0.606. The van der Waals surface area contributed by atoms with Crippen LogP contribution in [0.25, 0.3) is 0 Å². The van der Waals surface area contributed by atoms with Gasteiger partial charge >= 0.3 is 0 Å². The van der Waals surface area contributed by atoms with Crippen LogP contribution in [0.5, 0.6) is 0 Å². The number of hydrogen-bond donors (Lipinski definition) is 0. The molecule has 4 rings (SSSR count). The summed E-state index contributed by atoms with van der Waals surface area (Å²) in [5.41, 5.74) is -0.106. The Labute approximate surface area is 161 Å². The molecule has 146 valence electrons. The van der Waals surface area contributed by atoms with E-state index < -0.39 is 38.0 Å². The van der Waals surface area contributed by atoms with Crippen molar-refractivity contribution in [3.05, 3.63) is 52.5 Å². The maximum absolute atomic E-state index is 13.3. The highest BCUT2D eigenvalue weighted by Gasteiger charge is 2.44. The largest absolute Gasteiger partial charge is 0.447 e. The van der Waals surface area contributed by atoms with E-state index in [0.29, 0.717) is 13.1 Å². The van der Waals surface area contributed by atoms with E-state index in [0.717, 1.165) is 6.92 Å². The van der Waals surface area contributed by atoms with Crippen LogP contribution in [0.1, 0.15) is 49.5 Å². The number of nitrogens with zero attached hydrogens (tertiary/aromatic N) is 2. The monoisotopic (exact) mass is 402 g/mol. The summed E-state index contributed by atoms with van der Waals surface area (Å²) in [6.07, 6.45) is 0. The first kappa shape index (κ1) is 18.7. The molecule has 0 amide bonds. The number of fused-ring (bicyclic) bond motifs is 2. The van der Waals surface area contributed by atoms with Crippen molar-refractivity contribution < 1.29 is 27.2 Å². The van der Waals surface area contributed by atoms with E-state index >= 15 is 0 Å². The van der Waals surface area contributed by atoms with Gasteiger partial charge < -0.3 is 9.32 Å². The third kappa shape index (κ3) is 2.66. The maximum atomic E-state index is 13.3. The number of carbonyl (C=O) groups excluding carboxylic acids is 3. The topological polar surface area (TPSA) is 105 Å². The zero-order valence-corrected chi connectivity index (χ0v) is 16.2. The molecule has 0 N–H and O–H groups in total. The highest BCUT2D eigenvalue weighted by molar-refractivity contribution is 7.89. The standard InChI is InChI=1S/C19H18N2O6S/c1-11(22)17-19(28(25,26)21-9-7-20(2)8-10-21)14-15(23)12-5-3-4-6-13(12)16(24)18(14)27-17/h3-6H,7-10H2,1-2H3. The molecule has 1 aliphatic heterocycles. The van der Waals surface area contributed by atoms with Crippen molar-refractivity contribution >= 4 is 27.4 Å². The van der Waals surface area contributed by atoms with Gasteiger partial charge in [0, 0.05) is 44.2 Å². The lowest BCUT2D eigenvalue weighted by Gasteiger charge is -2.31. The van der Waals surface area contributed by atoms with Gasteiger partial charge in [-0.05, 0) is 7.05 Å². The van der Waals surface area contributed by atoms with Gasteiger partial charge in [-0.25, -0.2) is 8.42 Å². The van der Waals surface area contributed by atoms with E-state index in [2.05, 4.69) is 0 Å². The number of carbonyl (C=O) groups is 3. The minimum absolute atomic E-state index is 0.103. The summed E-state index contributed by atoms with van der Waals surface area (Å²) in [4.78, 5) is 39.5. The molecule has 1 saturated heterocycles. The molecule has 1 fully saturated rings. The summed E-state index contributed by atoms with van der Waals surface area (Å²) in [7, 11) is -2.32. The second kappa shape index (κ2) is 6.47. The average molecular weight is 402 g/mol. The minimum atomic E-state index is -4.20. The Morgan fingerprint density at radius 3 is 2.14 bits per heavy atom. The molecular formula is C19H18N2O6S. The second-order valence-electron chi connectivity index (χ2n) is 6.93. The normalized spacial score (nSPS) is 18.1. The van der Waals surface area contributed by atoms with Crippen LogP contribution in [0.3, 0.4) is 0 Å². The van der Waals surface area contributed by atoms with Gasteiger partial charge in [0.2, 0.25) is 15.8 Å². The van der Waals surface area contributed by atoms with Gasteiger partial charge in [0.1, 0.15) is 4.90 Å². The van der Waals surface area contributed by atoms with Crippen LogP contribution in [-0.2, 0) is 10.0 Å². The molecule has 1 aliphatic carbocycles. The Morgan fingerprint density at radius 1 is 1.00 bits per heavy atom. The summed E-state index contributed by atoms with van der Waals surface area (Å²) in [6.45, 7) is 2.62. The highest BCUT2D eigenvalue weighted by Crippen LogP contribution is 2.37. The summed E-state index contributed by atoms with van der Waals surface area (Å²) >= 11 is 0. The van der Waals surface area contributed by atoms with Crippen LogP contribution in [0, 0.1) is 0 Å². The number of ketones is 3. The SMILES string of the molecule is CC(=O)c1oc2c(c1S(=O)(=O)N1CCN(C)CC1)C(=O)c1ccccc1C2=O. The number of likely N-dealkylation sites (N-methyl/N-ethyl adjacent to an activating group) is 1. The summed E-state index contributed by atoms with van der Waals surface area (Å²) in [5, 5.41) is 0. The molecule has 8 nitrogen and oxygen atoms in total. The molecule has 0 saturated carbocycles. The van der Waals surface area contributed by atoms with Crippen molar-refractivity contribution in [3.63, 3.8) is 0 Å². The van der Waals surface area contributed by atoms with E-state index in [9.17, 15) is 22.8 Å². The Bertz CT molecular complexity index is 1120. The fourth-order valence-electron chi connectivity index (χ4n) is 3.55. The average Bonchev–Trinajstić information content (AvgIpc) is 3.09. The molecule has 0 radical (unpaired) electrons. The number of hydrogen-bond acceptors (Lipinski definition) is 7. The van der Waals surface area contributed by atoms with Crippen molar-refractivity contribution in [1.29, 1.82) is 0 Å². The summed E-state index contributed by atoms with van der Waals surface area (Å²) in [5.74, 6) is -2.76. The Balaban J connectivity index is 1.94. The van der Waals surface area contributed by atoms with Gasteiger partial charge in [0.25, 0.3) is 0 Å². The van der Waals surface area contributed by atoms with Crippen molar-refractivity contribution in [2.45, 2.75) is 11.8 Å². The zero-order valence-electron chi connectivity index (χ0n) is 15.4. The fraction of sp³-hybridized carbons (Fsp3) is 0.316. The molecule has 0 unspecified atom stereocenters. The van der Waals surface area contributed by atoms with E-state index in [1.165, 1.54) is 16.4 Å². The Kier molecular flexibility index (Phi) is 4.33. The molecule has 0 atom stereocenters. The molecule has 0 spiro atoms. The number of benzene rings is 1. The van der Waals surface area contributed by atoms with Gasteiger partial charge in [-0.2, -0.15) is 4.31 Å². The molecule has 1 aromatic heterocycles. The number of rotatable bonds is 3. The van der Waals surface area contributed by atoms with E-state index in [4.69, 9.17) is 4.42 Å². The van der Waals surface area contributed by atoms with E-state index in [-0.39, 0.29) is 35.5 Å². The van der Waals surface area contributed by atoms with Crippen LogP contribution in [0.15, 0.2) is 33.6 Å². The van der Waals surface area contributed by atoms with Crippen molar-refractivity contribution in [2.75, 3.05) is 33.2 Å². The zero-order chi connectivity index (χ0) is 20.2. The van der Waals surface area contributed by atoms with Gasteiger partial charge in [0.05, 0.1) is 5.56 Å². The van der Waals surface area contributed by atoms with Crippen molar-refractivity contribution in [2.24, 2.45) is 0 Å². The summed E-state index contributed by atoms with van der Waals surface area (Å²) in [6, 6.07) is 6.13. The van der Waals surface area contributed by atoms with Crippen LogP contribution in [-0.4, -0.2) is 68.2 Å². The smallest absolute Gasteiger partial charge is 0.247 e. The third-order valence-corrected chi connectivity index (χ3v) is 7.04. The Hall–Kier alpha value is -2.62. The first-order valence-electron chi connectivity index (χ1n) is 8.78. The molecule has 2 aromatic rings. The first-order chi connectivity index (χ1) is 13.2. The van der Waals surface area contributed by atoms with Crippen molar-refractivity contribution in [1.82, 2.24) is 9.21 Å². The molecule has 28 heavy (non-hydrogen) atoms.